The highest BCUT2D eigenvalue weighted by Gasteiger charge is 2.05. The third kappa shape index (κ3) is 4.82. The molecule has 122 valence electrons. The number of ether oxygens (including phenoxy) is 3. The molecule has 0 saturated carbocycles. The molecule has 1 aromatic carbocycles. The van der Waals surface area contributed by atoms with Crippen LogP contribution in [-0.2, 0) is 16.0 Å². The van der Waals surface area contributed by atoms with Crippen molar-refractivity contribution in [1.29, 1.82) is 0 Å². The van der Waals surface area contributed by atoms with Gasteiger partial charge >= 0.3 is 5.97 Å². The molecule has 2 aromatic rings. The van der Waals surface area contributed by atoms with Gasteiger partial charge in [-0.25, -0.2) is 9.78 Å². The summed E-state index contributed by atoms with van der Waals surface area (Å²) in [5, 5.41) is 0. The van der Waals surface area contributed by atoms with E-state index in [-0.39, 0.29) is 5.97 Å². The standard InChI is InChI=1S/C17H19NO4S/c1-12-16(23-11-18-12)8-9-22-17(19)7-5-13-4-6-14(20-2)15(10-13)21-3/h4-7,10-11H,8-9H2,1-3H3. The van der Waals surface area contributed by atoms with Crippen LogP contribution in [0.5, 0.6) is 11.5 Å². The van der Waals surface area contributed by atoms with E-state index >= 15 is 0 Å². The Morgan fingerprint density at radius 2 is 2.04 bits per heavy atom. The van der Waals surface area contributed by atoms with E-state index in [0.29, 0.717) is 24.5 Å². The Balaban J connectivity index is 1.87. The number of carbonyl (C=O) groups is 1. The first kappa shape index (κ1) is 17.0. The highest BCUT2D eigenvalue weighted by Crippen LogP contribution is 2.27. The number of nitrogens with zero attached hydrogens (tertiary/aromatic N) is 1. The number of thiazole rings is 1. The van der Waals surface area contributed by atoms with Crippen molar-refractivity contribution in [2.45, 2.75) is 13.3 Å². The summed E-state index contributed by atoms with van der Waals surface area (Å²) in [6.45, 7) is 2.29. The van der Waals surface area contributed by atoms with Gasteiger partial charge in [-0.05, 0) is 30.7 Å². The molecule has 0 atom stereocenters. The molecule has 23 heavy (non-hydrogen) atoms. The lowest BCUT2D eigenvalue weighted by atomic mass is 10.2. The van der Waals surface area contributed by atoms with Crippen LogP contribution in [0.1, 0.15) is 16.1 Å². The Morgan fingerprint density at radius 3 is 2.70 bits per heavy atom. The SMILES string of the molecule is COc1ccc(C=CC(=O)OCCc2scnc2C)cc1OC. The van der Waals surface area contributed by atoms with E-state index in [1.807, 2.05) is 13.0 Å². The van der Waals surface area contributed by atoms with Gasteiger partial charge in [-0.1, -0.05) is 6.07 Å². The van der Waals surface area contributed by atoms with Gasteiger partial charge in [0.05, 0.1) is 32.0 Å². The Labute approximate surface area is 139 Å². The van der Waals surface area contributed by atoms with Gasteiger partial charge in [0.2, 0.25) is 0 Å². The Hall–Kier alpha value is -2.34. The molecule has 0 spiro atoms. The molecule has 0 unspecified atom stereocenters. The van der Waals surface area contributed by atoms with Crippen molar-refractivity contribution in [1.82, 2.24) is 4.98 Å². The topological polar surface area (TPSA) is 57.7 Å². The van der Waals surface area contributed by atoms with Crippen molar-refractivity contribution < 1.29 is 19.0 Å². The van der Waals surface area contributed by atoms with Crippen molar-refractivity contribution in [2.24, 2.45) is 0 Å². The smallest absolute Gasteiger partial charge is 0.330 e. The summed E-state index contributed by atoms with van der Waals surface area (Å²) >= 11 is 1.57. The Morgan fingerprint density at radius 1 is 1.26 bits per heavy atom. The number of aryl methyl sites for hydroxylation is 1. The number of hydrogen-bond donors (Lipinski definition) is 0. The lowest BCUT2D eigenvalue weighted by molar-refractivity contribution is -0.137. The number of benzene rings is 1. The maximum Gasteiger partial charge on any atom is 0.330 e. The predicted molar refractivity (Wildman–Crippen MR) is 90.1 cm³/mol. The van der Waals surface area contributed by atoms with Gasteiger partial charge in [-0.3, -0.25) is 0 Å². The molecule has 1 aromatic heterocycles. The second-order valence-corrected chi connectivity index (χ2v) is 5.67. The molecular weight excluding hydrogens is 314 g/mol. The highest BCUT2D eigenvalue weighted by atomic mass is 32.1. The van der Waals surface area contributed by atoms with E-state index in [4.69, 9.17) is 14.2 Å². The summed E-state index contributed by atoms with van der Waals surface area (Å²) < 4.78 is 15.6. The Bertz CT molecular complexity index is 694. The monoisotopic (exact) mass is 333 g/mol. The molecule has 0 aliphatic heterocycles. The normalized spacial score (nSPS) is 10.7. The van der Waals surface area contributed by atoms with E-state index in [1.165, 1.54) is 6.08 Å². The third-order valence-electron chi connectivity index (χ3n) is 3.24. The fraction of sp³-hybridized carbons (Fsp3) is 0.294. The molecule has 2 rings (SSSR count). The van der Waals surface area contributed by atoms with Gasteiger partial charge in [0.15, 0.2) is 11.5 Å². The molecule has 0 bridgehead atoms. The fourth-order valence-corrected chi connectivity index (χ4v) is 2.74. The van der Waals surface area contributed by atoms with E-state index in [9.17, 15) is 4.79 Å². The fourth-order valence-electron chi connectivity index (χ4n) is 1.98. The molecule has 0 saturated heterocycles. The number of carbonyl (C=O) groups excluding carboxylic acids is 1. The minimum atomic E-state index is -0.373. The molecule has 5 nitrogen and oxygen atoms in total. The highest BCUT2D eigenvalue weighted by molar-refractivity contribution is 7.09. The lowest BCUT2D eigenvalue weighted by Crippen LogP contribution is -2.04. The van der Waals surface area contributed by atoms with Crippen LogP contribution < -0.4 is 9.47 Å². The van der Waals surface area contributed by atoms with E-state index < -0.39 is 0 Å². The average molecular weight is 333 g/mol. The molecule has 0 aliphatic carbocycles. The minimum absolute atomic E-state index is 0.345. The molecule has 0 amide bonds. The van der Waals surface area contributed by atoms with Gasteiger partial charge < -0.3 is 14.2 Å². The Kier molecular flexibility index (Phi) is 6.17. The number of methoxy groups -OCH3 is 2. The van der Waals surface area contributed by atoms with Gasteiger partial charge in [0.25, 0.3) is 0 Å². The van der Waals surface area contributed by atoms with Crippen molar-refractivity contribution in [3.63, 3.8) is 0 Å². The zero-order valence-corrected chi connectivity index (χ0v) is 14.2. The van der Waals surface area contributed by atoms with Crippen LogP contribution in [0.25, 0.3) is 6.08 Å². The molecule has 0 aliphatic rings. The number of rotatable bonds is 7. The second-order valence-electron chi connectivity index (χ2n) is 4.73. The number of hydrogen-bond acceptors (Lipinski definition) is 6. The first-order chi connectivity index (χ1) is 11.1. The average Bonchev–Trinajstić information content (AvgIpc) is 2.97. The van der Waals surface area contributed by atoms with Gasteiger partial charge in [-0.15, -0.1) is 11.3 Å². The van der Waals surface area contributed by atoms with Crippen molar-refractivity contribution in [3.8, 4) is 11.5 Å². The van der Waals surface area contributed by atoms with Crippen LogP contribution in [0, 0.1) is 6.92 Å². The summed E-state index contributed by atoms with van der Waals surface area (Å²) in [5.74, 6) is 0.887. The zero-order chi connectivity index (χ0) is 16.7. The molecular formula is C17H19NO4S. The van der Waals surface area contributed by atoms with Crippen molar-refractivity contribution in [2.75, 3.05) is 20.8 Å². The van der Waals surface area contributed by atoms with Crippen LogP contribution in [0.2, 0.25) is 0 Å². The van der Waals surface area contributed by atoms with Crippen LogP contribution in [0.4, 0.5) is 0 Å². The third-order valence-corrected chi connectivity index (χ3v) is 4.23. The van der Waals surface area contributed by atoms with E-state index in [0.717, 1.165) is 16.1 Å². The summed E-state index contributed by atoms with van der Waals surface area (Å²) in [5.41, 5.74) is 3.62. The van der Waals surface area contributed by atoms with Crippen LogP contribution >= 0.6 is 11.3 Å². The van der Waals surface area contributed by atoms with E-state index in [1.54, 1.807) is 49.3 Å². The maximum absolute atomic E-state index is 11.7. The lowest BCUT2D eigenvalue weighted by Gasteiger charge is -2.07. The van der Waals surface area contributed by atoms with Crippen LogP contribution in [0.15, 0.2) is 29.8 Å². The maximum atomic E-state index is 11.7. The summed E-state index contributed by atoms with van der Waals surface area (Å²) in [4.78, 5) is 17.0. The summed E-state index contributed by atoms with van der Waals surface area (Å²) in [6.07, 6.45) is 3.77. The molecule has 6 heteroatoms. The quantitative estimate of drug-likeness (QED) is 0.575. The molecule has 0 radical (unpaired) electrons. The van der Waals surface area contributed by atoms with Crippen molar-refractivity contribution >= 4 is 23.4 Å². The molecule has 0 N–H and O–H groups in total. The van der Waals surface area contributed by atoms with Gasteiger partial charge in [-0.2, -0.15) is 0 Å². The number of aromatic nitrogens is 1. The first-order valence-electron chi connectivity index (χ1n) is 7.10. The van der Waals surface area contributed by atoms with Crippen LogP contribution in [-0.4, -0.2) is 31.8 Å². The zero-order valence-electron chi connectivity index (χ0n) is 13.4. The van der Waals surface area contributed by atoms with Gasteiger partial charge in [0, 0.05) is 17.4 Å². The molecule has 0 fully saturated rings. The largest absolute Gasteiger partial charge is 0.493 e. The first-order valence-corrected chi connectivity index (χ1v) is 7.98. The van der Waals surface area contributed by atoms with Gasteiger partial charge in [0.1, 0.15) is 0 Å². The number of esters is 1. The second kappa shape index (κ2) is 8.33. The summed E-state index contributed by atoms with van der Waals surface area (Å²) in [7, 11) is 3.15. The minimum Gasteiger partial charge on any atom is -0.493 e. The van der Waals surface area contributed by atoms with Crippen molar-refractivity contribution in [3.05, 3.63) is 45.9 Å². The predicted octanol–water partition coefficient (Wildman–Crippen LogP) is 3.27. The molecule has 1 heterocycles. The van der Waals surface area contributed by atoms with Crippen LogP contribution in [0.3, 0.4) is 0 Å². The summed E-state index contributed by atoms with van der Waals surface area (Å²) in [6, 6.07) is 5.42. The van der Waals surface area contributed by atoms with E-state index in [2.05, 4.69) is 4.98 Å².